The highest BCUT2D eigenvalue weighted by atomic mass is 16.2. The maximum absolute atomic E-state index is 12.2. The second kappa shape index (κ2) is 6.38. The van der Waals surface area contributed by atoms with E-state index in [1.807, 2.05) is 17.9 Å². The molecule has 1 aliphatic carbocycles. The molecule has 1 N–H and O–H groups in total. The molecule has 1 aliphatic heterocycles. The van der Waals surface area contributed by atoms with Crippen LogP contribution in [-0.4, -0.2) is 32.9 Å². The van der Waals surface area contributed by atoms with Crippen LogP contribution in [-0.2, 0) is 4.79 Å². The SMILES string of the molecule is CC(=O)N1C2=CC=C(C)CC2[C@H](Nc2nccc(C)n2)[C@@H](C)[C@@H]1C. The molecule has 1 fully saturated rings. The molecule has 24 heavy (non-hydrogen) atoms. The van der Waals surface area contributed by atoms with Gasteiger partial charge in [-0.2, -0.15) is 0 Å². The van der Waals surface area contributed by atoms with E-state index in [0.29, 0.717) is 11.9 Å². The molecule has 0 spiro atoms. The van der Waals surface area contributed by atoms with Gasteiger partial charge in [0.2, 0.25) is 11.9 Å². The summed E-state index contributed by atoms with van der Waals surface area (Å²) < 4.78 is 0. The standard InChI is InChI=1S/C19H26N4O/c1-11-6-7-17-16(10-11)18(13(3)14(4)23(17)15(5)24)22-19-20-9-8-12(2)21-19/h6-9,13-14,16,18H,10H2,1-5H3,(H,20,21,22)/t13-,14-,16?,18+/m0/s1. The topological polar surface area (TPSA) is 58.1 Å². The summed E-state index contributed by atoms with van der Waals surface area (Å²) in [6.45, 7) is 10.1. The molecule has 1 amide bonds. The van der Waals surface area contributed by atoms with E-state index in [4.69, 9.17) is 0 Å². The molecular formula is C19H26N4O. The summed E-state index contributed by atoms with van der Waals surface area (Å²) in [5, 5.41) is 3.55. The summed E-state index contributed by atoms with van der Waals surface area (Å²) in [6.07, 6.45) is 6.98. The Morgan fingerprint density at radius 1 is 1.29 bits per heavy atom. The van der Waals surface area contributed by atoms with Crippen molar-refractivity contribution in [2.75, 3.05) is 5.32 Å². The third kappa shape index (κ3) is 2.95. The molecule has 1 unspecified atom stereocenters. The Morgan fingerprint density at radius 2 is 2.04 bits per heavy atom. The lowest BCUT2D eigenvalue weighted by molar-refractivity contribution is -0.131. The van der Waals surface area contributed by atoms with Crippen molar-refractivity contribution in [2.45, 2.75) is 53.1 Å². The van der Waals surface area contributed by atoms with Crippen molar-refractivity contribution in [3.8, 4) is 0 Å². The minimum absolute atomic E-state index is 0.115. The number of rotatable bonds is 2. The maximum Gasteiger partial charge on any atom is 0.223 e. The number of anilines is 1. The Morgan fingerprint density at radius 3 is 2.71 bits per heavy atom. The molecular weight excluding hydrogens is 300 g/mol. The Balaban J connectivity index is 1.96. The van der Waals surface area contributed by atoms with E-state index in [-0.39, 0.29) is 23.9 Å². The zero-order chi connectivity index (χ0) is 17.4. The molecule has 5 nitrogen and oxygen atoms in total. The first-order valence-corrected chi connectivity index (χ1v) is 8.62. The monoisotopic (exact) mass is 326 g/mol. The smallest absolute Gasteiger partial charge is 0.223 e. The van der Waals surface area contributed by atoms with E-state index >= 15 is 0 Å². The van der Waals surface area contributed by atoms with Crippen LogP contribution in [0.3, 0.4) is 0 Å². The number of nitrogens with one attached hydrogen (secondary N) is 1. The number of carbonyl (C=O) groups is 1. The lowest BCUT2D eigenvalue weighted by Crippen LogP contribution is -2.56. The van der Waals surface area contributed by atoms with Crippen molar-refractivity contribution in [3.63, 3.8) is 0 Å². The van der Waals surface area contributed by atoms with E-state index in [1.54, 1.807) is 13.1 Å². The van der Waals surface area contributed by atoms with Crippen molar-refractivity contribution in [1.29, 1.82) is 0 Å². The van der Waals surface area contributed by atoms with Gasteiger partial charge in [0.25, 0.3) is 0 Å². The van der Waals surface area contributed by atoms with Gasteiger partial charge in [0.15, 0.2) is 0 Å². The van der Waals surface area contributed by atoms with Crippen molar-refractivity contribution in [1.82, 2.24) is 14.9 Å². The van der Waals surface area contributed by atoms with E-state index in [1.165, 1.54) is 5.57 Å². The molecule has 4 atom stereocenters. The summed E-state index contributed by atoms with van der Waals surface area (Å²) in [4.78, 5) is 23.1. The minimum Gasteiger partial charge on any atom is -0.350 e. The summed E-state index contributed by atoms with van der Waals surface area (Å²) in [7, 11) is 0. The van der Waals surface area contributed by atoms with Crippen molar-refractivity contribution in [2.24, 2.45) is 11.8 Å². The predicted octanol–water partition coefficient (Wildman–Crippen LogP) is 3.30. The first-order chi connectivity index (χ1) is 11.4. The van der Waals surface area contributed by atoms with Gasteiger partial charge in [0.1, 0.15) is 0 Å². The largest absolute Gasteiger partial charge is 0.350 e. The second-order valence-electron chi connectivity index (χ2n) is 7.10. The number of hydrogen-bond acceptors (Lipinski definition) is 4. The number of aryl methyl sites for hydroxylation is 1. The zero-order valence-corrected chi connectivity index (χ0v) is 15.1. The third-order valence-electron chi connectivity index (χ3n) is 5.34. The molecule has 1 aromatic rings. The van der Waals surface area contributed by atoms with Gasteiger partial charge in [-0.05, 0) is 45.3 Å². The van der Waals surface area contributed by atoms with Crippen molar-refractivity contribution < 1.29 is 4.79 Å². The molecule has 5 heteroatoms. The van der Waals surface area contributed by atoms with Crippen LogP contribution in [0.1, 0.15) is 39.8 Å². The molecule has 1 aromatic heterocycles. The van der Waals surface area contributed by atoms with Gasteiger partial charge in [-0.3, -0.25) is 4.79 Å². The summed E-state index contributed by atoms with van der Waals surface area (Å²) in [5.41, 5.74) is 3.40. The van der Waals surface area contributed by atoms with Gasteiger partial charge in [-0.1, -0.05) is 18.6 Å². The van der Waals surface area contributed by atoms with Crippen molar-refractivity contribution >= 4 is 11.9 Å². The maximum atomic E-state index is 12.2. The fourth-order valence-electron chi connectivity index (χ4n) is 3.95. The lowest BCUT2D eigenvalue weighted by Gasteiger charge is -2.49. The quantitative estimate of drug-likeness (QED) is 0.906. The first-order valence-electron chi connectivity index (χ1n) is 8.62. The van der Waals surface area contributed by atoms with E-state index in [2.05, 4.69) is 48.2 Å². The van der Waals surface area contributed by atoms with E-state index in [9.17, 15) is 4.79 Å². The predicted molar refractivity (Wildman–Crippen MR) is 95.3 cm³/mol. The van der Waals surface area contributed by atoms with Crippen LogP contribution in [0.25, 0.3) is 0 Å². The van der Waals surface area contributed by atoms with E-state index in [0.717, 1.165) is 17.8 Å². The molecule has 2 aliphatic rings. The average Bonchev–Trinajstić information content (AvgIpc) is 2.52. The average molecular weight is 326 g/mol. The van der Waals surface area contributed by atoms with Gasteiger partial charge in [0.05, 0.1) is 0 Å². The van der Waals surface area contributed by atoms with Crippen LogP contribution in [0.5, 0.6) is 0 Å². The van der Waals surface area contributed by atoms with Crippen LogP contribution in [0, 0.1) is 18.8 Å². The Bertz CT molecular complexity index is 709. The number of likely N-dealkylation sites (tertiary alicyclic amines) is 1. The highest BCUT2D eigenvalue weighted by Crippen LogP contribution is 2.41. The molecule has 2 heterocycles. The first kappa shape index (κ1) is 16.7. The normalized spacial score (nSPS) is 29.5. The highest BCUT2D eigenvalue weighted by molar-refractivity contribution is 5.76. The molecule has 3 rings (SSSR count). The number of aromatic nitrogens is 2. The molecule has 0 radical (unpaired) electrons. The van der Waals surface area contributed by atoms with Crippen LogP contribution in [0.15, 0.2) is 35.7 Å². The minimum atomic E-state index is 0.115. The van der Waals surface area contributed by atoms with Crippen LogP contribution >= 0.6 is 0 Å². The number of piperidine rings is 1. The van der Waals surface area contributed by atoms with Gasteiger partial charge in [-0.15, -0.1) is 0 Å². The van der Waals surface area contributed by atoms with Gasteiger partial charge in [-0.25, -0.2) is 9.97 Å². The Hall–Kier alpha value is -2.17. The summed E-state index contributed by atoms with van der Waals surface area (Å²) in [6, 6.07) is 2.24. The molecule has 0 saturated carbocycles. The summed E-state index contributed by atoms with van der Waals surface area (Å²) >= 11 is 0. The second-order valence-corrected chi connectivity index (χ2v) is 7.10. The third-order valence-corrected chi connectivity index (χ3v) is 5.34. The van der Waals surface area contributed by atoms with Crippen molar-refractivity contribution in [3.05, 3.63) is 41.4 Å². The van der Waals surface area contributed by atoms with Crippen LogP contribution in [0.4, 0.5) is 5.95 Å². The number of fused-ring (bicyclic) bond motifs is 1. The molecule has 128 valence electrons. The molecule has 0 aromatic carbocycles. The zero-order valence-electron chi connectivity index (χ0n) is 15.1. The van der Waals surface area contributed by atoms with Gasteiger partial charge >= 0.3 is 0 Å². The molecule has 0 bridgehead atoms. The number of carbonyl (C=O) groups excluding carboxylic acids is 1. The van der Waals surface area contributed by atoms with Crippen LogP contribution < -0.4 is 5.32 Å². The Kier molecular flexibility index (Phi) is 4.43. The van der Waals surface area contributed by atoms with Crippen LogP contribution in [0.2, 0.25) is 0 Å². The van der Waals surface area contributed by atoms with Gasteiger partial charge in [0, 0.05) is 42.5 Å². The number of amides is 1. The fraction of sp³-hybridized carbons (Fsp3) is 0.526. The Labute approximate surface area is 143 Å². The number of hydrogen-bond donors (Lipinski definition) is 1. The number of allylic oxidation sites excluding steroid dienone is 3. The fourth-order valence-corrected chi connectivity index (χ4v) is 3.95. The van der Waals surface area contributed by atoms with Gasteiger partial charge < -0.3 is 10.2 Å². The number of nitrogens with zero attached hydrogens (tertiary/aromatic N) is 3. The summed E-state index contributed by atoms with van der Waals surface area (Å²) in [5.74, 6) is 1.34. The highest BCUT2D eigenvalue weighted by Gasteiger charge is 2.44. The van der Waals surface area contributed by atoms with E-state index < -0.39 is 0 Å². The lowest BCUT2D eigenvalue weighted by atomic mass is 9.73. The molecule has 1 saturated heterocycles.